The third kappa shape index (κ3) is 3.31. The van der Waals surface area contributed by atoms with Crippen LogP contribution in [0.5, 0.6) is 0 Å². The van der Waals surface area contributed by atoms with Gasteiger partial charge in [-0.15, -0.1) is 0 Å². The highest BCUT2D eigenvalue weighted by molar-refractivity contribution is 6.09. The lowest BCUT2D eigenvalue weighted by Gasteiger charge is -2.22. The third-order valence-corrected chi connectivity index (χ3v) is 3.07. The molecule has 0 unspecified atom stereocenters. The molecule has 4 N–H and O–H groups in total. The van der Waals surface area contributed by atoms with Gasteiger partial charge < -0.3 is 16.4 Å². The summed E-state index contributed by atoms with van der Waals surface area (Å²) in [5, 5.41) is 8.78. The molecule has 2 aromatic carbocycles. The monoisotopic (exact) mass is 280 g/mol. The van der Waals surface area contributed by atoms with Crippen molar-refractivity contribution in [3.63, 3.8) is 0 Å². The molecule has 0 bridgehead atoms. The summed E-state index contributed by atoms with van der Waals surface area (Å²) in [5.74, 6) is -0.242. The van der Waals surface area contributed by atoms with Gasteiger partial charge in [-0.2, -0.15) is 5.26 Å². The van der Waals surface area contributed by atoms with Crippen LogP contribution in [0.4, 0.5) is 17.1 Å². The molecule has 0 aliphatic heterocycles. The number of nitrogens with two attached hydrogens (primary N) is 2. The van der Waals surface area contributed by atoms with Crippen molar-refractivity contribution in [3.05, 3.63) is 54.1 Å². The van der Waals surface area contributed by atoms with Crippen LogP contribution in [0.3, 0.4) is 0 Å². The van der Waals surface area contributed by atoms with Crippen LogP contribution < -0.4 is 16.4 Å². The van der Waals surface area contributed by atoms with E-state index in [-0.39, 0.29) is 12.3 Å². The van der Waals surface area contributed by atoms with Crippen molar-refractivity contribution >= 4 is 23.0 Å². The topological polar surface area (TPSA) is 96.1 Å². The van der Waals surface area contributed by atoms with Crippen molar-refractivity contribution < 1.29 is 4.79 Å². The summed E-state index contributed by atoms with van der Waals surface area (Å²) >= 11 is 0. The molecule has 21 heavy (non-hydrogen) atoms. The first-order valence-corrected chi connectivity index (χ1v) is 6.52. The first-order valence-electron chi connectivity index (χ1n) is 6.52. The van der Waals surface area contributed by atoms with Crippen LogP contribution >= 0.6 is 0 Å². The molecule has 5 heteroatoms. The molecule has 0 aliphatic carbocycles. The van der Waals surface area contributed by atoms with E-state index in [0.717, 1.165) is 5.69 Å². The van der Waals surface area contributed by atoms with Gasteiger partial charge in [0.15, 0.2) is 0 Å². The second-order valence-electron chi connectivity index (χ2n) is 4.55. The number of nitriles is 1. The summed E-state index contributed by atoms with van der Waals surface area (Å²) in [4.78, 5) is 14.2. The highest BCUT2D eigenvalue weighted by Gasteiger charge is 2.19. The Hall–Kier alpha value is -3.00. The standard InChI is InChI=1S/C16H16N4O/c17-9-4-10-20(13-5-2-1-3-6-13)16(21)14-8-7-12(18)11-15(14)19/h1-3,5-8,11H,4,10,18-19H2. The van der Waals surface area contributed by atoms with Gasteiger partial charge in [-0.3, -0.25) is 4.79 Å². The van der Waals surface area contributed by atoms with Gasteiger partial charge in [-0.1, -0.05) is 18.2 Å². The number of hydrogen-bond donors (Lipinski definition) is 2. The Labute approximate surface area is 123 Å². The maximum atomic E-state index is 12.7. The number of benzene rings is 2. The number of carbonyl (C=O) groups excluding carboxylic acids is 1. The minimum Gasteiger partial charge on any atom is -0.399 e. The molecule has 0 atom stereocenters. The van der Waals surface area contributed by atoms with E-state index in [1.165, 1.54) is 0 Å². The SMILES string of the molecule is N#CCCN(C(=O)c1ccc(N)cc1N)c1ccccc1. The van der Waals surface area contributed by atoms with E-state index in [4.69, 9.17) is 16.7 Å². The summed E-state index contributed by atoms with van der Waals surface area (Å²) < 4.78 is 0. The maximum absolute atomic E-state index is 12.7. The fraction of sp³-hybridized carbons (Fsp3) is 0.125. The molecular formula is C16H16N4O. The summed E-state index contributed by atoms with van der Waals surface area (Å²) in [5.41, 5.74) is 13.5. The number of amides is 1. The molecule has 1 amide bonds. The first kappa shape index (κ1) is 14.4. The van der Waals surface area contributed by atoms with Crippen molar-refractivity contribution in [1.29, 1.82) is 5.26 Å². The van der Waals surface area contributed by atoms with Gasteiger partial charge in [0.25, 0.3) is 5.91 Å². The molecule has 5 nitrogen and oxygen atoms in total. The largest absolute Gasteiger partial charge is 0.399 e. The summed E-state index contributed by atoms with van der Waals surface area (Å²) in [7, 11) is 0. The van der Waals surface area contributed by atoms with Crippen molar-refractivity contribution in [2.24, 2.45) is 0 Å². The molecule has 0 saturated carbocycles. The molecule has 0 saturated heterocycles. The average molecular weight is 280 g/mol. The highest BCUT2D eigenvalue weighted by Crippen LogP contribution is 2.22. The zero-order valence-electron chi connectivity index (χ0n) is 11.5. The van der Waals surface area contributed by atoms with E-state index >= 15 is 0 Å². The Kier molecular flexibility index (Phi) is 4.42. The van der Waals surface area contributed by atoms with Gasteiger partial charge in [-0.05, 0) is 30.3 Å². The van der Waals surface area contributed by atoms with E-state index in [9.17, 15) is 4.79 Å². The molecule has 0 aliphatic rings. The minimum atomic E-state index is -0.242. The van der Waals surface area contributed by atoms with Gasteiger partial charge in [0.2, 0.25) is 0 Å². The summed E-state index contributed by atoms with van der Waals surface area (Å²) in [6.45, 7) is 0.309. The normalized spacial score (nSPS) is 9.86. The van der Waals surface area contributed by atoms with Crippen LogP contribution in [0.1, 0.15) is 16.8 Å². The second kappa shape index (κ2) is 6.44. The molecule has 0 aromatic heterocycles. The van der Waals surface area contributed by atoms with Crippen LogP contribution in [0.15, 0.2) is 48.5 Å². The Morgan fingerprint density at radius 2 is 1.86 bits per heavy atom. The average Bonchev–Trinajstić information content (AvgIpc) is 2.48. The lowest BCUT2D eigenvalue weighted by molar-refractivity contribution is 0.0988. The molecule has 106 valence electrons. The Morgan fingerprint density at radius 3 is 2.48 bits per heavy atom. The zero-order chi connectivity index (χ0) is 15.2. The lowest BCUT2D eigenvalue weighted by Crippen LogP contribution is -2.32. The van der Waals surface area contributed by atoms with E-state index in [1.807, 2.05) is 30.3 Å². The molecular weight excluding hydrogens is 264 g/mol. The number of carbonyl (C=O) groups is 1. The molecule has 0 fully saturated rings. The number of nitrogens with zero attached hydrogens (tertiary/aromatic N) is 2. The smallest absolute Gasteiger partial charge is 0.260 e. The second-order valence-corrected chi connectivity index (χ2v) is 4.55. The first-order chi connectivity index (χ1) is 10.1. The van der Waals surface area contributed by atoms with Crippen LogP contribution in [0.25, 0.3) is 0 Å². The number of hydrogen-bond acceptors (Lipinski definition) is 4. The molecule has 2 rings (SSSR count). The predicted octanol–water partition coefficient (Wildman–Crippen LogP) is 2.41. The zero-order valence-corrected chi connectivity index (χ0v) is 11.5. The highest BCUT2D eigenvalue weighted by atomic mass is 16.2. The Bertz CT molecular complexity index is 676. The van der Waals surface area contributed by atoms with Crippen LogP contribution in [0, 0.1) is 11.3 Å². The van der Waals surface area contributed by atoms with Crippen molar-refractivity contribution in [1.82, 2.24) is 0 Å². The number of rotatable bonds is 4. The molecule has 2 aromatic rings. The van der Waals surface area contributed by atoms with Crippen molar-refractivity contribution in [2.75, 3.05) is 22.9 Å². The van der Waals surface area contributed by atoms with Gasteiger partial charge in [0.1, 0.15) is 0 Å². The van der Waals surface area contributed by atoms with E-state index < -0.39 is 0 Å². The maximum Gasteiger partial charge on any atom is 0.260 e. The van der Waals surface area contributed by atoms with Gasteiger partial charge in [0.05, 0.1) is 18.1 Å². The molecule has 0 spiro atoms. The third-order valence-electron chi connectivity index (χ3n) is 3.07. The van der Waals surface area contributed by atoms with E-state index in [2.05, 4.69) is 6.07 Å². The van der Waals surface area contributed by atoms with Crippen LogP contribution in [0.2, 0.25) is 0 Å². The molecule has 0 heterocycles. The van der Waals surface area contributed by atoms with Gasteiger partial charge in [-0.25, -0.2) is 0 Å². The minimum absolute atomic E-state index is 0.242. The predicted molar refractivity (Wildman–Crippen MR) is 83.6 cm³/mol. The fourth-order valence-corrected chi connectivity index (χ4v) is 2.04. The number of nitrogen functional groups attached to an aromatic ring is 2. The van der Waals surface area contributed by atoms with Gasteiger partial charge >= 0.3 is 0 Å². The number of anilines is 3. The lowest BCUT2D eigenvalue weighted by atomic mass is 10.1. The van der Waals surface area contributed by atoms with Gasteiger partial charge in [0, 0.05) is 23.6 Å². The number of para-hydroxylation sites is 1. The van der Waals surface area contributed by atoms with Crippen LogP contribution in [-0.4, -0.2) is 12.5 Å². The molecule has 0 radical (unpaired) electrons. The fourth-order valence-electron chi connectivity index (χ4n) is 2.04. The summed E-state index contributed by atoms with van der Waals surface area (Å²) in [6, 6.07) is 16.0. The van der Waals surface area contributed by atoms with E-state index in [1.54, 1.807) is 23.1 Å². The van der Waals surface area contributed by atoms with Crippen molar-refractivity contribution in [3.8, 4) is 6.07 Å². The quantitative estimate of drug-likeness (QED) is 0.840. The van der Waals surface area contributed by atoms with Crippen LogP contribution in [-0.2, 0) is 0 Å². The Balaban J connectivity index is 2.37. The summed E-state index contributed by atoms with van der Waals surface area (Å²) in [6.07, 6.45) is 0.246. The van der Waals surface area contributed by atoms with Crippen molar-refractivity contribution in [2.45, 2.75) is 6.42 Å². The van der Waals surface area contributed by atoms with E-state index in [0.29, 0.717) is 23.5 Å². The Morgan fingerprint density at radius 1 is 1.14 bits per heavy atom.